The van der Waals surface area contributed by atoms with Gasteiger partial charge in [-0.2, -0.15) is 0 Å². The van der Waals surface area contributed by atoms with Crippen LogP contribution in [0, 0.1) is 12.8 Å². The Labute approximate surface area is 159 Å². The summed E-state index contributed by atoms with van der Waals surface area (Å²) >= 11 is 1.73. The number of halogens is 1. The van der Waals surface area contributed by atoms with Crippen molar-refractivity contribution < 1.29 is 4.79 Å². The van der Waals surface area contributed by atoms with Crippen LogP contribution in [0.15, 0.2) is 11.2 Å². The van der Waals surface area contributed by atoms with Crippen molar-refractivity contribution in [3.05, 3.63) is 16.1 Å². The van der Waals surface area contributed by atoms with Crippen LogP contribution in [-0.4, -0.2) is 48.4 Å². The number of carbonyl (C=O) groups excluding carboxylic acids is 1. The maximum atomic E-state index is 11.1. The number of amides is 1. The minimum atomic E-state index is -0.214. The zero-order chi connectivity index (χ0) is 15.9. The molecule has 1 atom stereocenters. The number of rotatable bonds is 5. The third-order valence-corrected chi connectivity index (χ3v) is 4.78. The first-order chi connectivity index (χ1) is 10.6. The van der Waals surface area contributed by atoms with Crippen molar-refractivity contribution >= 4 is 47.2 Å². The monoisotopic (exact) mass is 451 g/mol. The number of aryl methyl sites for hydroxylation is 1. The van der Waals surface area contributed by atoms with Crippen molar-refractivity contribution in [2.24, 2.45) is 16.6 Å². The van der Waals surface area contributed by atoms with Crippen molar-refractivity contribution in [3.63, 3.8) is 0 Å². The van der Waals surface area contributed by atoms with Crippen LogP contribution < -0.4 is 11.1 Å². The van der Waals surface area contributed by atoms with Gasteiger partial charge in [0.1, 0.15) is 0 Å². The zero-order valence-corrected chi connectivity index (χ0v) is 16.9. The molecule has 1 aromatic heterocycles. The molecule has 6 nitrogen and oxygen atoms in total. The second kappa shape index (κ2) is 10.1. The van der Waals surface area contributed by atoms with Crippen molar-refractivity contribution in [2.45, 2.75) is 32.6 Å². The van der Waals surface area contributed by atoms with Crippen LogP contribution in [0.1, 0.15) is 29.1 Å². The van der Waals surface area contributed by atoms with E-state index < -0.39 is 0 Å². The van der Waals surface area contributed by atoms with Gasteiger partial charge in [-0.05, 0) is 25.7 Å². The Kier molecular flexibility index (Phi) is 8.82. The Morgan fingerprint density at radius 2 is 2.39 bits per heavy atom. The predicted molar refractivity (Wildman–Crippen MR) is 105 cm³/mol. The number of primary amides is 1. The Bertz CT molecular complexity index is 534. The summed E-state index contributed by atoms with van der Waals surface area (Å²) in [7, 11) is 1.80. The van der Waals surface area contributed by atoms with Gasteiger partial charge in [0.25, 0.3) is 0 Å². The van der Waals surface area contributed by atoms with E-state index in [9.17, 15) is 4.79 Å². The molecule has 1 fully saturated rings. The average molecular weight is 451 g/mol. The van der Waals surface area contributed by atoms with Crippen LogP contribution in [0.3, 0.4) is 0 Å². The third kappa shape index (κ3) is 6.62. The lowest BCUT2D eigenvalue weighted by Gasteiger charge is -2.34. The molecule has 0 bridgehead atoms. The van der Waals surface area contributed by atoms with Gasteiger partial charge in [0.05, 0.1) is 5.01 Å². The summed E-state index contributed by atoms with van der Waals surface area (Å²) in [6.07, 6.45) is 5.41. The number of aromatic nitrogens is 1. The molecule has 3 N–H and O–H groups in total. The summed E-state index contributed by atoms with van der Waals surface area (Å²) in [6.45, 7) is 4.71. The van der Waals surface area contributed by atoms with Gasteiger partial charge in [-0.1, -0.05) is 0 Å². The van der Waals surface area contributed by atoms with Crippen LogP contribution in [0.5, 0.6) is 0 Å². The molecule has 23 heavy (non-hydrogen) atoms. The van der Waals surface area contributed by atoms with E-state index in [4.69, 9.17) is 5.73 Å². The Morgan fingerprint density at radius 3 is 3.00 bits per heavy atom. The van der Waals surface area contributed by atoms with E-state index >= 15 is 0 Å². The number of likely N-dealkylation sites (tertiary alicyclic amines) is 1. The van der Waals surface area contributed by atoms with E-state index in [1.165, 1.54) is 4.88 Å². The van der Waals surface area contributed by atoms with E-state index in [0.29, 0.717) is 12.3 Å². The molecule has 1 saturated heterocycles. The highest BCUT2D eigenvalue weighted by atomic mass is 127. The minimum Gasteiger partial charge on any atom is -0.370 e. The van der Waals surface area contributed by atoms with E-state index in [2.05, 4.69) is 27.1 Å². The summed E-state index contributed by atoms with van der Waals surface area (Å²) in [5, 5.41) is 4.54. The number of thiazole rings is 1. The van der Waals surface area contributed by atoms with E-state index in [1.54, 1.807) is 18.4 Å². The standard InChI is InChI=1S/C15H25N5OS.HI/c1-11-9-19-14(22-11)5-6-18-15(17-2)20-7-3-4-12(10-20)8-13(16)21;/h9,12H,3-8,10H2,1-2H3,(H2,16,21)(H,17,18);1H. The molecule has 0 spiro atoms. The molecule has 1 aliphatic rings. The van der Waals surface area contributed by atoms with Gasteiger partial charge in [0.15, 0.2) is 5.96 Å². The molecule has 0 aromatic carbocycles. The number of hydrogen-bond donors (Lipinski definition) is 2. The first-order valence-corrected chi connectivity index (χ1v) is 8.55. The number of carbonyl (C=O) groups is 1. The molecule has 1 aliphatic heterocycles. The van der Waals surface area contributed by atoms with Gasteiger partial charge in [0.2, 0.25) is 5.91 Å². The largest absolute Gasteiger partial charge is 0.370 e. The average Bonchev–Trinajstić information content (AvgIpc) is 2.89. The Morgan fingerprint density at radius 1 is 1.61 bits per heavy atom. The van der Waals surface area contributed by atoms with E-state index in [1.807, 2.05) is 6.20 Å². The second-order valence-electron chi connectivity index (χ2n) is 5.71. The van der Waals surface area contributed by atoms with E-state index in [-0.39, 0.29) is 29.9 Å². The number of nitrogens with two attached hydrogens (primary N) is 1. The van der Waals surface area contributed by atoms with Crippen molar-refractivity contribution in [3.8, 4) is 0 Å². The zero-order valence-electron chi connectivity index (χ0n) is 13.7. The number of nitrogens with one attached hydrogen (secondary N) is 1. The lowest BCUT2D eigenvalue weighted by Crippen LogP contribution is -2.47. The van der Waals surface area contributed by atoms with Crippen LogP contribution in [0.4, 0.5) is 0 Å². The maximum Gasteiger partial charge on any atom is 0.217 e. The maximum absolute atomic E-state index is 11.1. The molecule has 0 saturated carbocycles. The highest BCUT2D eigenvalue weighted by Crippen LogP contribution is 2.19. The van der Waals surface area contributed by atoms with Crippen molar-refractivity contribution in [1.82, 2.24) is 15.2 Å². The van der Waals surface area contributed by atoms with Gasteiger partial charge >= 0.3 is 0 Å². The van der Waals surface area contributed by atoms with Crippen LogP contribution >= 0.6 is 35.3 Å². The molecule has 130 valence electrons. The third-order valence-electron chi connectivity index (χ3n) is 3.81. The normalized spacial score (nSPS) is 18.4. The van der Waals surface area contributed by atoms with Crippen LogP contribution in [-0.2, 0) is 11.2 Å². The lowest BCUT2D eigenvalue weighted by atomic mass is 9.95. The van der Waals surface area contributed by atoms with Crippen LogP contribution in [0.2, 0.25) is 0 Å². The number of hydrogen-bond acceptors (Lipinski definition) is 4. The molecule has 0 radical (unpaired) electrons. The number of aliphatic imine (C=N–C) groups is 1. The SMILES string of the molecule is CN=C(NCCc1ncc(C)s1)N1CCCC(CC(N)=O)C1.I. The van der Waals surface area contributed by atoms with Crippen molar-refractivity contribution in [1.29, 1.82) is 0 Å². The minimum absolute atomic E-state index is 0. The quantitative estimate of drug-likeness (QED) is 0.406. The summed E-state index contributed by atoms with van der Waals surface area (Å²) in [6, 6.07) is 0. The molecule has 1 amide bonds. The first kappa shape index (κ1) is 20.1. The molecule has 0 aliphatic carbocycles. The molecular weight excluding hydrogens is 425 g/mol. The lowest BCUT2D eigenvalue weighted by molar-refractivity contribution is -0.119. The topological polar surface area (TPSA) is 83.6 Å². The fraction of sp³-hybridized carbons (Fsp3) is 0.667. The van der Waals surface area contributed by atoms with Crippen molar-refractivity contribution in [2.75, 3.05) is 26.7 Å². The molecule has 1 aromatic rings. The summed E-state index contributed by atoms with van der Waals surface area (Å²) < 4.78 is 0. The van der Waals surface area contributed by atoms with Gasteiger partial charge in [-0.15, -0.1) is 35.3 Å². The summed E-state index contributed by atoms with van der Waals surface area (Å²) in [4.78, 5) is 23.3. The fourth-order valence-corrected chi connectivity index (χ4v) is 3.63. The predicted octanol–water partition coefficient (Wildman–Crippen LogP) is 1.77. The summed E-state index contributed by atoms with van der Waals surface area (Å²) in [5.41, 5.74) is 5.31. The smallest absolute Gasteiger partial charge is 0.217 e. The highest BCUT2D eigenvalue weighted by molar-refractivity contribution is 14.0. The molecular formula is C15H26IN5OS. The molecule has 2 rings (SSSR count). The molecule has 1 unspecified atom stereocenters. The molecule has 2 heterocycles. The Balaban J connectivity index is 0.00000264. The highest BCUT2D eigenvalue weighted by Gasteiger charge is 2.23. The molecule has 8 heteroatoms. The Hall–Kier alpha value is -0.900. The van der Waals surface area contributed by atoms with Gasteiger partial charge in [-0.25, -0.2) is 4.98 Å². The van der Waals surface area contributed by atoms with E-state index in [0.717, 1.165) is 49.9 Å². The first-order valence-electron chi connectivity index (χ1n) is 7.73. The van der Waals surface area contributed by atoms with Gasteiger partial charge in [-0.3, -0.25) is 9.79 Å². The fourth-order valence-electron chi connectivity index (χ4n) is 2.84. The number of piperidine rings is 1. The van der Waals surface area contributed by atoms with Crippen LogP contribution in [0.25, 0.3) is 0 Å². The second-order valence-corrected chi connectivity index (χ2v) is 7.03. The number of nitrogens with zero attached hydrogens (tertiary/aromatic N) is 3. The van der Waals surface area contributed by atoms with Gasteiger partial charge < -0.3 is 16.0 Å². The number of guanidine groups is 1. The summed E-state index contributed by atoms with van der Waals surface area (Å²) in [5.74, 6) is 1.03. The van der Waals surface area contributed by atoms with Gasteiger partial charge in [0, 0.05) is 50.6 Å².